The van der Waals surface area contributed by atoms with Gasteiger partial charge < -0.3 is 14.8 Å². The van der Waals surface area contributed by atoms with Gasteiger partial charge in [-0.1, -0.05) is 0 Å². The molecule has 2 aromatic heterocycles. The summed E-state index contributed by atoms with van der Waals surface area (Å²) in [6, 6.07) is 3.76. The van der Waals surface area contributed by atoms with Crippen LogP contribution in [0.2, 0.25) is 0 Å². The first-order valence-electron chi connectivity index (χ1n) is 5.90. The molecule has 0 radical (unpaired) electrons. The van der Waals surface area contributed by atoms with E-state index in [0.29, 0.717) is 12.2 Å². The first kappa shape index (κ1) is 13.2. The van der Waals surface area contributed by atoms with Crippen LogP contribution in [0.5, 0.6) is 0 Å². The summed E-state index contributed by atoms with van der Waals surface area (Å²) in [5.74, 6) is 0.624. The molecule has 0 aliphatic heterocycles. The van der Waals surface area contributed by atoms with E-state index in [2.05, 4.69) is 15.3 Å². The number of nitrogens with zero attached hydrogens (tertiary/aromatic N) is 2. The Bertz CT molecular complexity index is 580. The lowest BCUT2D eigenvalue weighted by molar-refractivity contribution is 0.0694. The maximum absolute atomic E-state index is 11.0. The number of furan rings is 1. The molecule has 0 fully saturated rings. The van der Waals surface area contributed by atoms with Gasteiger partial charge in [0.05, 0.1) is 11.7 Å². The Labute approximate surface area is 110 Å². The number of aryl methyl sites for hydroxylation is 1. The smallest absolute Gasteiger partial charge is 0.339 e. The third-order valence-corrected chi connectivity index (χ3v) is 2.79. The highest BCUT2D eigenvalue weighted by Crippen LogP contribution is 2.16. The first-order chi connectivity index (χ1) is 9.08. The highest BCUT2D eigenvalue weighted by atomic mass is 16.4. The van der Waals surface area contributed by atoms with Gasteiger partial charge in [0, 0.05) is 12.7 Å². The van der Waals surface area contributed by atoms with Crippen molar-refractivity contribution < 1.29 is 14.3 Å². The Kier molecular flexibility index (Phi) is 3.91. The van der Waals surface area contributed by atoms with Crippen molar-refractivity contribution in [3.63, 3.8) is 0 Å². The zero-order valence-corrected chi connectivity index (χ0v) is 10.8. The summed E-state index contributed by atoms with van der Waals surface area (Å²) in [6.07, 6.45) is 2.64. The number of carboxylic acids is 1. The predicted molar refractivity (Wildman–Crippen MR) is 67.7 cm³/mol. The molecule has 0 aliphatic rings. The SMILES string of the molecule is Cc1ccc(C(C)NCc2ncncc2C(=O)O)o1. The van der Waals surface area contributed by atoms with Crippen LogP contribution in [-0.2, 0) is 6.54 Å². The maximum Gasteiger partial charge on any atom is 0.339 e. The summed E-state index contributed by atoms with van der Waals surface area (Å²) in [5, 5.41) is 12.2. The number of carboxylic acid groups (broad SMARTS) is 1. The van der Waals surface area contributed by atoms with Gasteiger partial charge in [-0.2, -0.15) is 0 Å². The molecule has 6 nitrogen and oxygen atoms in total. The molecule has 2 rings (SSSR count). The molecular formula is C13H15N3O3. The lowest BCUT2D eigenvalue weighted by Gasteiger charge is -2.11. The van der Waals surface area contributed by atoms with Gasteiger partial charge in [-0.3, -0.25) is 0 Å². The highest BCUT2D eigenvalue weighted by Gasteiger charge is 2.14. The fourth-order valence-electron chi connectivity index (χ4n) is 1.71. The fraction of sp³-hybridized carbons (Fsp3) is 0.308. The second kappa shape index (κ2) is 5.62. The van der Waals surface area contributed by atoms with Crippen molar-refractivity contribution in [3.05, 3.63) is 47.4 Å². The summed E-state index contributed by atoms with van der Waals surface area (Å²) < 4.78 is 5.50. The number of nitrogens with one attached hydrogen (secondary N) is 1. The van der Waals surface area contributed by atoms with Gasteiger partial charge in [-0.15, -0.1) is 0 Å². The van der Waals surface area contributed by atoms with Gasteiger partial charge in [0.1, 0.15) is 23.4 Å². The molecule has 0 bridgehead atoms. The lowest BCUT2D eigenvalue weighted by Crippen LogP contribution is -2.20. The van der Waals surface area contributed by atoms with Crippen LogP contribution in [0, 0.1) is 6.92 Å². The van der Waals surface area contributed by atoms with Gasteiger partial charge in [0.25, 0.3) is 0 Å². The van der Waals surface area contributed by atoms with Crippen LogP contribution in [0.4, 0.5) is 0 Å². The molecule has 19 heavy (non-hydrogen) atoms. The minimum Gasteiger partial charge on any atom is -0.478 e. The van der Waals surface area contributed by atoms with Crippen LogP contribution >= 0.6 is 0 Å². The molecule has 0 saturated carbocycles. The van der Waals surface area contributed by atoms with Crippen LogP contribution in [0.3, 0.4) is 0 Å². The van der Waals surface area contributed by atoms with E-state index in [1.54, 1.807) is 0 Å². The van der Waals surface area contributed by atoms with Crippen molar-refractivity contribution in [2.45, 2.75) is 26.4 Å². The Hall–Kier alpha value is -2.21. The fourth-order valence-corrected chi connectivity index (χ4v) is 1.71. The van der Waals surface area contributed by atoms with E-state index < -0.39 is 5.97 Å². The van der Waals surface area contributed by atoms with Gasteiger partial charge >= 0.3 is 5.97 Å². The number of hydrogen-bond acceptors (Lipinski definition) is 5. The molecule has 6 heteroatoms. The standard InChI is InChI=1S/C13H15N3O3/c1-8-3-4-12(19-8)9(2)15-6-11-10(13(17)18)5-14-7-16-11/h3-5,7,9,15H,6H2,1-2H3,(H,17,18). The highest BCUT2D eigenvalue weighted by molar-refractivity contribution is 5.88. The average molecular weight is 261 g/mol. The topological polar surface area (TPSA) is 88.2 Å². The third-order valence-electron chi connectivity index (χ3n) is 2.79. The third kappa shape index (κ3) is 3.17. The second-order valence-corrected chi connectivity index (χ2v) is 4.24. The molecule has 0 spiro atoms. The minimum absolute atomic E-state index is 0.0229. The van der Waals surface area contributed by atoms with E-state index in [-0.39, 0.29) is 11.6 Å². The van der Waals surface area contributed by atoms with Crippen molar-refractivity contribution in [1.29, 1.82) is 0 Å². The number of aromatic carboxylic acids is 1. The van der Waals surface area contributed by atoms with E-state index in [1.165, 1.54) is 12.5 Å². The van der Waals surface area contributed by atoms with Gasteiger partial charge in [0.2, 0.25) is 0 Å². The Morgan fingerprint density at radius 1 is 1.53 bits per heavy atom. The van der Waals surface area contributed by atoms with E-state index in [1.807, 2.05) is 26.0 Å². The normalized spacial score (nSPS) is 12.3. The maximum atomic E-state index is 11.0. The van der Waals surface area contributed by atoms with E-state index in [0.717, 1.165) is 11.5 Å². The second-order valence-electron chi connectivity index (χ2n) is 4.24. The number of carbonyl (C=O) groups is 1. The van der Waals surface area contributed by atoms with Gasteiger partial charge in [0.15, 0.2) is 0 Å². The molecule has 100 valence electrons. The Morgan fingerprint density at radius 3 is 2.95 bits per heavy atom. The van der Waals surface area contributed by atoms with E-state index in [9.17, 15) is 4.79 Å². The summed E-state index contributed by atoms with van der Waals surface area (Å²) in [6.45, 7) is 4.16. The van der Waals surface area contributed by atoms with Crippen molar-refractivity contribution in [2.24, 2.45) is 0 Å². The van der Waals surface area contributed by atoms with Crippen molar-refractivity contribution in [3.8, 4) is 0 Å². The largest absolute Gasteiger partial charge is 0.478 e. The van der Waals surface area contributed by atoms with Crippen molar-refractivity contribution in [1.82, 2.24) is 15.3 Å². The number of rotatable bonds is 5. The van der Waals surface area contributed by atoms with Crippen LogP contribution in [0.25, 0.3) is 0 Å². The minimum atomic E-state index is -1.03. The van der Waals surface area contributed by atoms with Gasteiger partial charge in [-0.05, 0) is 26.0 Å². The molecule has 0 aliphatic carbocycles. The van der Waals surface area contributed by atoms with Crippen LogP contribution < -0.4 is 5.32 Å². The molecule has 0 saturated heterocycles. The quantitative estimate of drug-likeness (QED) is 0.855. The van der Waals surface area contributed by atoms with E-state index in [4.69, 9.17) is 9.52 Å². The molecule has 2 N–H and O–H groups in total. The monoisotopic (exact) mass is 261 g/mol. The molecule has 1 unspecified atom stereocenters. The van der Waals surface area contributed by atoms with Crippen LogP contribution in [-0.4, -0.2) is 21.0 Å². The van der Waals surface area contributed by atoms with Crippen molar-refractivity contribution in [2.75, 3.05) is 0 Å². The predicted octanol–water partition coefficient (Wildman–Crippen LogP) is 1.93. The van der Waals surface area contributed by atoms with Crippen LogP contribution in [0.15, 0.2) is 29.1 Å². The zero-order chi connectivity index (χ0) is 13.8. The Balaban J connectivity index is 2.05. The van der Waals surface area contributed by atoms with Crippen LogP contribution in [0.1, 0.15) is 40.5 Å². The molecule has 1 atom stereocenters. The molecule has 0 amide bonds. The first-order valence-corrected chi connectivity index (χ1v) is 5.90. The van der Waals surface area contributed by atoms with E-state index >= 15 is 0 Å². The summed E-state index contributed by atoms with van der Waals surface area (Å²) in [7, 11) is 0. The lowest BCUT2D eigenvalue weighted by atomic mass is 10.2. The molecule has 0 aromatic carbocycles. The molecule has 2 aromatic rings. The number of aromatic nitrogens is 2. The average Bonchev–Trinajstić information content (AvgIpc) is 2.83. The van der Waals surface area contributed by atoms with Crippen molar-refractivity contribution >= 4 is 5.97 Å². The summed E-state index contributed by atoms with van der Waals surface area (Å²) in [4.78, 5) is 18.7. The number of hydrogen-bond donors (Lipinski definition) is 2. The Morgan fingerprint density at radius 2 is 2.32 bits per heavy atom. The molecular weight excluding hydrogens is 246 g/mol. The summed E-state index contributed by atoms with van der Waals surface area (Å²) >= 11 is 0. The van der Waals surface area contributed by atoms with Gasteiger partial charge in [-0.25, -0.2) is 14.8 Å². The summed E-state index contributed by atoms with van der Waals surface area (Å²) in [5.41, 5.74) is 0.565. The molecule has 2 heterocycles. The zero-order valence-electron chi connectivity index (χ0n) is 10.8.